The van der Waals surface area contributed by atoms with Crippen molar-refractivity contribution in [2.75, 3.05) is 11.9 Å². The lowest BCUT2D eigenvalue weighted by Crippen LogP contribution is -2.29. The molecule has 0 unspecified atom stereocenters. The fraction of sp³-hybridized carbons (Fsp3) is 0.423. The highest BCUT2D eigenvalue weighted by molar-refractivity contribution is 5.81. The van der Waals surface area contributed by atoms with Crippen molar-refractivity contribution in [3.05, 3.63) is 60.2 Å². The first-order chi connectivity index (χ1) is 16.9. The van der Waals surface area contributed by atoms with Crippen molar-refractivity contribution >= 4 is 27.8 Å². The molecule has 184 valence electrons. The van der Waals surface area contributed by atoms with E-state index in [1.165, 1.54) is 0 Å². The van der Waals surface area contributed by atoms with Crippen LogP contribution in [-0.4, -0.2) is 54.9 Å². The monoisotopic (exact) mass is 481 g/mol. The van der Waals surface area contributed by atoms with Gasteiger partial charge in [-0.15, -0.1) is 0 Å². The molecule has 0 radical (unpaired) electrons. The van der Waals surface area contributed by atoms with E-state index in [0.717, 1.165) is 39.6 Å². The number of aliphatic hydroxyl groups is 2. The smallest absolute Gasteiger partial charge is 0.255 e. The predicted octanol–water partition coefficient (Wildman–Crippen LogP) is 4.13. The van der Waals surface area contributed by atoms with Gasteiger partial charge in [0.05, 0.1) is 29.9 Å². The van der Waals surface area contributed by atoms with Crippen LogP contribution in [-0.2, 0) is 12.8 Å². The Kier molecular flexibility index (Phi) is 6.62. The summed E-state index contributed by atoms with van der Waals surface area (Å²) in [5, 5.41) is 26.2. The normalized spacial score (nSPS) is 22.5. The van der Waals surface area contributed by atoms with Crippen molar-refractivity contribution in [1.29, 1.82) is 0 Å². The van der Waals surface area contributed by atoms with Crippen LogP contribution in [0.4, 0.5) is 14.6 Å². The summed E-state index contributed by atoms with van der Waals surface area (Å²) in [6.45, 7) is 1.61. The number of hydrogen-bond acceptors (Lipinski definition) is 6. The van der Waals surface area contributed by atoms with E-state index in [4.69, 9.17) is 0 Å². The Balaban J connectivity index is 1.29. The Morgan fingerprint density at radius 3 is 2.74 bits per heavy atom. The van der Waals surface area contributed by atoms with E-state index < -0.39 is 25.2 Å². The lowest BCUT2D eigenvalue weighted by molar-refractivity contribution is 0.00545. The number of nitrogens with one attached hydrogen (secondary N) is 1. The predicted molar refractivity (Wildman–Crippen MR) is 131 cm³/mol. The molecular weight excluding hydrogens is 452 g/mol. The lowest BCUT2D eigenvalue weighted by atomic mass is 9.95. The van der Waals surface area contributed by atoms with Gasteiger partial charge < -0.3 is 20.1 Å². The largest absolute Gasteiger partial charge is 0.390 e. The van der Waals surface area contributed by atoms with Crippen LogP contribution >= 0.6 is 0 Å². The van der Waals surface area contributed by atoms with Gasteiger partial charge in [0.15, 0.2) is 0 Å². The zero-order valence-electron chi connectivity index (χ0n) is 19.5. The highest BCUT2D eigenvalue weighted by atomic mass is 19.3. The van der Waals surface area contributed by atoms with Crippen molar-refractivity contribution in [2.24, 2.45) is 5.92 Å². The van der Waals surface area contributed by atoms with Gasteiger partial charge in [0.1, 0.15) is 23.9 Å². The second-order valence-corrected chi connectivity index (χ2v) is 9.21. The number of alkyl halides is 2. The number of nitrogens with zero attached hydrogens (tertiary/aromatic N) is 4. The minimum Gasteiger partial charge on any atom is -0.390 e. The van der Waals surface area contributed by atoms with Crippen LogP contribution in [0.2, 0.25) is 0 Å². The SMILES string of the molecule is CCc1ncnc2c1ccn2[C@@H]1C[C@H](CCc2ccc3ccc(NCC(F)F)nc3c2)[C@@H](O)[C@H]1O. The third kappa shape index (κ3) is 4.70. The first-order valence-electron chi connectivity index (χ1n) is 12.0. The van der Waals surface area contributed by atoms with Crippen LogP contribution in [0.15, 0.2) is 48.9 Å². The molecular formula is C26H29F2N5O2. The van der Waals surface area contributed by atoms with E-state index >= 15 is 0 Å². The first-order valence-corrected chi connectivity index (χ1v) is 12.0. The van der Waals surface area contributed by atoms with E-state index in [0.29, 0.717) is 25.1 Å². The third-order valence-corrected chi connectivity index (χ3v) is 7.05. The molecule has 9 heteroatoms. The third-order valence-electron chi connectivity index (χ3n) is 7.05. The average molecular weight is 482 g/mol. The molecule has 1 aromatic carbocycles. The molecule has 1 fully saturated rings. The molecule has 0 bridgehead atoms. The first kappa shape index (κ1) is 23.6. The number of aryl methyl sites for hydroxylation is 2. The Morgan fingerprint density at radius 1 is 1.11 bits per heavy atom. The standard InChI is InChI=1S/C26H29F2N5O2/c1-2-19-18-9-10-33(26(18)31-14-30-19)21-12-17(24(34)25(21)35)6-4-15-3-5-16-7-8-23(29-13-22(27)28)32-20(16)11-15/h3,5,7-11,14,17,21-22,24-25,34-35H,2,4,6,12-13H2,1H3,(H,29,32)/t17-,21+,24+,25-/m0/s1. The molecule has 1 saturated carbocycles. The summed E-state index contributed by atoms with van der Waals surface area (Å²) < 4.78 is 27.0. The molecule has 35 heavy (non-hydrogen) atoms. The van der Waals surface area contributed by atoms with Crippen molar-refractivity contribution in [3.8, 4) is 0 Å². The summed E-state index contributed by atoms with van der Waals surface area (Å²) in [4.78, 5) is 13.2. The van der Waals surface area contributed by atoms with Crippen LogP contribution in [0.3, 0.4) is 0 Å². The molecule has 1 aliphatic carbocycles. The molecule has 0 saturated heterocycles. The Bertz CT molecular complexity index is 1330. The number of hydrogen-bond donors (Lipinski definition) is 3. The Labute approximate surface area is 201 Å². The van der Waals surface area contributed by atoms with Crippen molar-refractivity contribution < 1.29 is 19.0 Å². The van der Waals surface area contributed by atoms with Gasteiger partial charge in [-0.1, -0.05) is 19.1 Å². The minimum absolute atomic E-state index is 0.0670. The van der Waals surface area contributed by atoms with Gasteiger partial charge in [-0.2, -0.15) is 0 Å². The maximum atomic E-state index is 12.5. The fourth-order valence-corrected chi connectivity index (χ4v) is 5.19. The molecule has 0 amide bonds. The van der Waals surface area contributed by atoms with Gasteiger partial charge in [-0.05, 0) is 61.4 Å². The number of halogens is 2. The van der Waals surface area contributed by atoms with Crippen LogP contribution < -0.4 is 5.32 Å². The summed E-state index contributed by atoms with van der Waals surface area (Å²) in [6.07, 6.45) is 2.19. The fourth-order valence-electron chi connectivity index (χ4n) is 5.19. The Hall–Kier alpha value is -3.17. The molecule has 4 aromatic rings. The molecule has 3 aromatic heterocycles. The van der Waals surface area contributed by atoms with Crippen molar-refractivity contribution in [2.45, 2.75) is 57.3 Å². The van der Waals surface area contributed by atoms with Gasteiger partial charge in [0, 0.05) is 17.0 Å². The molecule has 4 atom stereocenters. The number of rotatable bonds is 8. The molecule has 1 aliphatic rings. The molecule has 7 nitrogen and oxygen atoms in total. The summed E-state index contributed by atoms with van der Waals surface area (Å²) in [5.41, 5.74) is 3.53. The lowest BCUT2D eigenvalue weighted by Gasteiger charge is -2.19. The number of aromatic nitrogens is 4. The van der Waals surface area contributed by atoms with Gasteiger partial charge >= 0.3 is 0 Å². The quantitative estimate of drug-likeness (QED) is 0.350. The molecule has 5 rings (SSSR count). The maximum Gasteiger partial charge on any atom is 0.255 e. The van der Waals surface area contributed by atoms with Crippen LogP contribution in [0.25, 0.3) is 21.9 Å². The van der Waals surface area contributed by atoms with Gasteiger partial charge in [-0.3, -0.25) is 0 Å². The number of pyridine rings is 1. The van der Waals surface area contributed by atoms with E-state index in [1.807, 2.05) is 48.0 Å². The van der Waals surface area contributed by atoms with Crippen LogP contribution in [0.1, 0.15) is 37.1 Å². The van der Waals surface area contributed by atoms with Crippen molar-refractivity contribution in [1.82, 2.24) is 19.5 Å². The molecule has 0 aliphatic heterocycles. The Morgan fingerprint density at radius 2 is 1.94 bits per heavy atom. The minimum atomic E-state index is -2.44. The molecule has 3 heterocycles. The van der Waals surface area contributed by atoms with Crippen LogP contribution in [0, 0.1) is 5.92 Å². The number of benzene rings is 1. The van der Waals surface area contributed by atoms with E-state index in [-0.39, 0.29) is 12.0 Å². The van der Waals surface area contributed by atoms with Crippen LogP contribution in [0.5, 0.6) is 0 Å². The average Bonchev–Trinajstić information content (AvgIpc) is 3.41. The second-order valence-electron chi connectivity index (χ2n) is 9.21. The summed E-state index contributed by atoms with van der Waals surface area (Å²) in [5.74, 6) is 0.351. The number of fused-ring (bicyclic) bond motifs is 2. The van der Waals surface area contributed by atoms with Crippen molar-refractivity contribution in [3.63, 3.8) is 0 Å². The molecule has 3 N–H and O–H groups in total. The topological polar surface area (TPSA) is 96.1 Å². The molecule has 0 spiro atoms. The van der Waals surface area contributed by atoms with Gasteiger partial charge in [0.2, 0.25) is 0 Å². The number of anilines is 1. The highest BCUT2D eigenvalue weighted by Gasteiger charge is 2.42. The van der Waals surface area contributed by atoms with Gasteiger partial charge in [0.25, 0.3) is 6.43 Å². The zero-order valence-corrected chi connectivity index (χ0v) is 19.5. The summed E-state index contributed by atoms with van der Waals surface area (Å²) in [7, 11) is 0. The van der Waals surface area contributed by atoms with E-state index in [9.17, 15) is 19.0 Å². The van der Waals surface area contributed by atoms with E-state index in [2.05, 4.69) is 20.3 Å². The van der Waals surface area contributed by atoms with Gasteiger partial charge in [-0.25, -0.2) is 23.7 Å². The summed E-state index contributed by atoms with van der Waals surface area (Å²) >= 11 is 0. The second kappa shape index (κ2) is 9.83. The maximum absolute atomic E-state index is 12.5. The summed E-state index contributed by atoms with van der Waals surface area (Å²) in [6, 6.07) is 11.2. The zero-order chi connectivity index (χ0) is 24.5. The highest BCUT2D eigenvalue weighted by Crippen LogP contribution is 2.39. The number of aliphatic hydroxyl groups excluding tert-OH is 2. The van der Waals surface area contributed by atoms with E-state index in [1.54, 1.807) is 12.4 Å².